The van der Waals surface area contributed by atoms with E-state index in [0.29, 0.717) is 0 Å². The van der Waals surface area contributed by atoms with Gasteiger partial charge in [-0.1, -0.05) is 195 Å². The zero-order valence-corrected chi connectivity index (χ0v) is 36.6. The van der Waals surface area contributed by atoms with Crippen molar-refractivity contribution in [2.24, 2.45) is 0 Å². The van der Waals surface area contributed by atoms with Crippen LogP contribution < -0.4 is 4.90 Å². The van der Waals surface area contributed by atoms with Gasteiger partial charge in [-0.25, -0.2) is 0 Å². The van der Waals surface area contributed by atoms with Crippen LogP contribution in [0.3, 0.4) is 0 Å². The van der Waals surface area contributed by atoms with Gasteiger partial charge >= 0.3 is 0 Å². The summed E-state index contributed by atoms with van der Waals surface area (Å²) in [5, 5.41) is 10.2. The van der Waals surface area contributed by atoms with Crippen molar-refractivity contribution in [1.82, 2.24) is 0 Å². The van der Waals surface area contributed by atoms with Crippen molar-refractivity contribution in [1.29, 1.82) is 0 Å². The molecule has 13 rings (SSSR count). The van der Waals surface area contributed by atoms with Crippen molar-refractivity contribution >= 4 is 65.7 Å². The van der Waals surface area contributed by atoms with Gasteiger partial charge in [-0.3, -0.25) is 0 Å². The lowest BCUT2D eigenvalue weighted by molar-refractivity contribution is 0.353. The molecular weight excluding hydrogens is 783 g/mol. The lowest BCUT2D eigenvalue weighted by Crippen LogP contribution is -2.28. The third kappa shape index (κ3) is 5.99. The van der Waals surface area contributed by atoms with Gasteiger partial charge in [-0.15, -0.1) is 0 Å². The smallest absolute Gasteiger partial charge is 0.0540 e. The average molecular weight is 832 g/mol. The van der Waals surface area contributed by atoms with Crippen LogP contribution in [0.2, 0.25) is 0 Å². The lowest BCUT2D eigenvalue weighted by Gasteiger charge is -2.36. The number of hydrogen-bond acceptors (Lipinski definition) is 1. The normalized spacial score (nSPS) is 15.1. The molecule has 0 aliphatic heterocycles. The average Bonchev–Trinajstić information content (AvgIpc) is 3.64. The van der Waals surface area contributed by atoms with E-state index < -0.39 is 0 Å². The Labute approximate surface area is 381 Å². The van der Waals surface area contributed by atoms with Gasteiger partial charge in [-0.05, 0) is 155 Å². The molecule has 0 atom stereocenters. The number of allylic oxidation sites excluding steroid dienone is 4. The maximum Gasteiger partial charge on any atom is 0.0540 e. The van der Waals surface area contributed by atoms with Crippen LogP contribution >= 0.6 is 0 Å². The molecule has 0 heterocycles. The number of nitrogens with zero attached hydrogens (tertiary/aromatic N) is 1. The Hall–Kier alpha value is -7.48. The Morgan fingerprint density at radius 2 is 1.06 bits per heavy atom. The van der Waals surface area contributed by atoms with Gasteiger partial charge in [0.25, 0.3) is 0 Å². The molecular formula is C64H49N. The molecule has 0 saturated heterocycles. The van der Waals surface area contributed by atoms with Crippen LogP contribution in [0.15, 0.2) is 212 Å². The second-order valence-corrected chi connectivity index (χ2v) is 18.5. The Balaban J connectivity index is 1.13. The molecule has 10 aromatic rings. The molecule has 0 unspecified atom stereocenters. The highest BCUT2D eigenvalue weighted by molar-refractivity contribution is 6.33. The second-order valence-electron chi connectivity index (χ2n) is 18.5. The first-order chi connectivity index (χ1) is 32.2. The summed E-state index contributed by atoms with van der Waals surface area (Å²) >= 11 is 0. The Morgan fingerprint density at radius 1 is 0.400 bits per heavy atom. The summed E-state index contributed by atoms with van der Waals surface area (Å²) in [6.45, 7) is 0. The summed E-state index contributed by atoms with van der Waals surface area (Å²) in [6.07, 6.45) is 15.5. The van der Waals surface area contributed by atoms with E-state index in [1.54, 1.807) is 0 Å². The first kappa shape index (κ1) is 38.0. The first-order valence-electron chi connectivity index (χ1n) is 23.7. The summed E-state index contributed by atoms with van der Waals surface area (Å²) < 4.78 is 0. The van der Waals surface area contributed by atoms with Gasteiger partial charge < -0.3 is 4.90 Å². The van der Waals surface area contributed by atoms with Crippen molar-refractivity contribution in [2.45, 2.75) is 50.4 Å². The molecule has 1 heteroatoms. The maximum atomic E-state index is 2.57. The topological polar surface area (TPSA) is 3.24 Å². The number of rotatable bonds is 6. The lowest BCUT2D eigenvalue weighted by atomic mass is 9.68. The molecule has 3 aliphatic carbocycles. The molecule has 0 N–H and O–H groups in total. The van der Waals surface area contributed by atoms with E-state index in [0.717, 1.165) is 18.5 Å². The third-order valence-corrected chi connectivity index (χ3v) is 15.0. The quantitative estimate of drug-likeness (QED) is 0.151. The summed E-state index contributed by atoms with van der Waals surface area (Å²) in [6, 6.07) is 73.5. The molecule has 1 saturated carbocycles. The summed E-state index contributed by atoms with van der Waals surface area (Å²) in [4.78, 5) is 2.56. The van der Waals surface area contributed by atoms with Gasteiger partial charge in [0.15, 0.2) is 0 Å². The predicted octanol–water partition coefficient (Wildman–Crippen LogP) is 18.1. The van der Waals surface area contributed by atoms with Crippen LogP contribution in [0.1, 0.15) is 61.6 Å². The molecule has 10 aromatic carbocycles. The highest BCUT2D eigenvalue weighted by Gasteiger charge is 2.44. The van der Waals surface area contributed by atoms with Crippen LogP contribution in [-0.4, -0.2) is 0 Å². The third-order valence-electron chi connectivity index (χ3n) is 15.0. The Morgan fingerprint density at radius 3 is 1.88 bits per heavy atom. The van der Waals surface area contributed by atoms with Crippen LogP contribution in [0.5, 0.6) is 0 Å². The van der Waals surface area contributed by atoms with E-state index in [9.17, 15) is 0 Å². The minimum atomic E-state index is 0.0497. The molecule has 3 aliphatic rings. The molecule has 0 bridgehead atoms. The minimum Gasteiger partial charge on any atom is -0.310 e. The fourth-order valence-corrected chi connectivity index (χ4v) is 12.2. The molecule has 310 valence electrons. The zero-order chi connectivity index (χ0) is 42.9. The predicted molar refractivity (Wildman–Crippen MR) is 278 cm³/mol. The molecule has 0 amide bonds. The van der Waals surface area contributed by atoms with Gasteiger partial charge in [0.05, 0.1) is 5.69 Å². The molecule has 1 spiro atoms. The summed E-state index contributed by atoms with van der Waals surface area (Å²) in [5.74, 6) is 0. The van der Waals surface area contributed by atoms with Crippen LogP contribution in [0.25, 0.3) is 82.0 Å². The number of hydrogen-bond donors (Lipinski definition) is 0. The van der Waals surface area contributed by atoms with Crippen LogP contribution in [-0.2, 0) is 5.41 Å². The van der Waals surface area contributed by atoms with Crippen LogP contribution in [0, 0.1) is 0 Å². The van der Waals surface area contributed by atoms with E-state index in [2.05, 4.69) is 217 Å². The Kier molecular flexibility index (Phi) is 8.98. The van der Waals surface area contributed by atoms with E-state index in [4.69, 9.17) is 0 Å². The molecule has 1 nitrogen and oxygen atoms in total. The van der Waals surface area contributed by atoms with Gasteiger partial charge in [-0.2, -0.15) is 0 Å². The SMILES string of the molecule is C1=CC(c2cc(-c3ccccc3)c3c4ccccc4c4cc(N(c5ccc6c(c5)C5(CCCCC5)c5ccccc5-6)c5cccc6ccccc56)ccc4c3c2-c2ccccc2)=CCC1. The van der Waals surface area contributed by atoms with Crippen molar-refractivity contribution in [3.05, 3.63) is 229 Å². The fourth-order valence-electron chi connectivity index (χ4n) is 12.2. The zero-order valence-electron chi connectivity index (χ0n) is 36.6. The molecule has 0 radical (unpaired) electrons. The maximum absolute atomic E-state index is 2.57. The highest BCUT2D eigenvalue weighted by Crippen LogP contribution is 2.57. The van der Waals surface area contributed by atoms with Crippen molar-refractivity contribution in [2.75, 3.05) is 4.90 Å². The van der Waals surface area contributed by atoms with Crippen LogP contribution in [0.4, 0.5) is 17.1 Å². The largest absolute Gasteiger partial charge is 0.310 e. The van der Waals surface area contributed by atoms with Gasteiger partial charge in [0, 0.05) is 22.2 Å². The summed E-state index contributed by atoms with van der Waals surface area (Å²) in [5.41, 5.74) is 17.1. The fraction of sp³-hybridized carbons (Fsp3) is 0.125. The van der Waals surface area contributed by atoms with E-state index in [1.165, 1.54) is 142 Å². The Bertz CT molecular complexity index is 3560. The minimum absolute atomic E-state index is 0.0497. The van der Waals surface area contributed by atoms with Crippen molar-refractivity contribution < 1.29 is 0 Å². The monoisotopic (exact) mass is 831 g/mol. The van der Waals surface area contributed by atoms with Crippen molar-refractivity contribution in [3.8, 4) is 33.4 Å². The van der Waals surface area contributed by atoms with Gasteiger partial charge in [0.1, 0.15) is 0 Å². The number of fused-ring (bicyclic) bond motifs is 12. The second kappa shape index (κ2) is 15.4. The standard InChI is InChI=1S/C64H49N/c1-5-20-44(21-6-1)55-42-56(45-22-7-2-8-23-45)62-53-31-14-13-29-50(53)57-40-47(35-37-54(57)63(62)61(55)46-25-9-3-10-26-46)65(60-33-19-27-43-24-11-12-28-49(43)60)48-34-36-52-51-30-15-16-32-58(51)64(59(52)41-48)38-17-4-18-39-64/h2-3,5,7-16,19-37,40-42H,1,4,6,17-18,38-39H2. The highest BCUT2D eigenvalue weighted by atomic mass is 15.1. The van der Waals surface area contributed by atoms with Crippen molar-refractivity contribution in [3.63, 3.8) is 0 Å². The molecule has 1 fully saturated rings. The summed E-state index contributed by atoms with van der Waals surface area (Å²) in [7, 11) is 0. The van der Waals surface area contributed by atoms with E-state index in [-0.39, 0.29) is 5.41 Å². The van der Waals surface area contributed by atoms with E-state index >= 15 is 0 Å². The first-order valence-corrected chi connectivity index (χ1v) is 23.7. The molecule has 0 aromatic heterocycles. The molecule has 65 heavy (non-hydrogen) atoms. The van der Waals surface area contributed by atoms with E-state index in [1.807, 2.05) is 0 Å². The number of anilines is 3. The number of benzene rings is 10. The van der Waals surface area contributed by atoms with Gasteiger partial charge in [0.2, 0.25) is 0 Å².